The van der Waals surface area contributed by atoms with Gasteiger partial charge in [-0.2, -0.15) is 8.42 Å². The minimum Gasteiger partial charge on any atom is -0.463 e. The molecular weight excluding hydrogens is 518 g/mol. The number of amides is 2. The highest BCUT2D eigenvalue weighted by Gasteiger charge is 2.20. The van der Waals surface area contributed by atoms with Crippen molar-refractivity contribution in [3.05, 3.63) is 69.5 Å². The molecule has 14 heteroatoms. The Kier molecular flexibility index (Phi) is 8.40. The minimum absolute atomic E-state index is 0.106. The van der Waals surface area contributed by atoms with Crippen LogP contribution in [0.4, 0.5) is 17.2 Å². The van der Waals surface area contributed by atoms with E-state index in [2.05, 4.69) is 15.6 Å². The molecule has 0 radical (unpaired) electrons. The molecule has 1 aliphatic rings. The monoisotopic (exact) mass is 537 g/mol. The van der Waals surface area contributed by atoms with Gasteiger partial charge in [0.1, 0.15) is 12.4 Å². The third-order valence-electron chi connectivity index (χ3n) is 4.32. The fourth-order valence-electron chi connectivity index (χ4n) is 2.88. The number of aromatic nitrogens is 1. The Morgan fingerprint density at radius 3 is 2.40 bits per heavy atom. The number of benzene rings is 1. The molecule has 1 aliphatic heterocycles. The van der Waals surface area contributed by atoms with Crippen LogP contribution in [-0.4, -0.2) is 55.2 Å². The fraction of sp³-hybridized carbons (Fsp3) is 0.143. The average Bonchev–Trinajstić information content (AvgIpc) is 3.42. The molecule has 184 valence electrons. The topological polar surface area (TPSA) is 162 Å². The van der Waals surface area contributed by atoms with Crippen molar-refractivity contribution in [2.24, 2.45) is 0 Å². The van der Waals surface area contributed by atoms with Crippen LogP contribution in [0, 0.1) is 5.41 Å². The summed E-state index contributed by atoms with van der Waals surface area (Å²) in [6, 6.07) is 13.6. The zero-order valence-corrected chi connectivity index (χ0v) is 20.6. The van der Waals surface area contributed by atoms with Gasteiger partial charge in [0.2, 0.25) is 0 Å². The molecule has 3 heterocycles. The molecule has 3 aromatic rings. The van der Waals surface area contributed by atoms with E-state index >= 15 is 0 Å². The number of carbonyl (C=O) groups excluding carboxylic acids is 2. The highest BCUT2D eigenvalue weighted by atomic mass is 35.5. The van der Waals surface area contributed by atoms with Crippen LogP contribution in [0.5, 0.6) is 0 Å². The summed E-state index contributed by atoms with van der Waals surface area (Å²) in [5.41, 5.74) is 1.60. The largest absolute Gasteiger partial charge is 0.463 e. The van der Waals surface area contributed by atoms with Gasteiger partial charge in [-0.15, -0.1) is 11.3 Å². The van der Waals surface area contributed by atoms with Crippen molar-refractivity contribution < 1.29 is 27.3 Å². The van der Waals surface area contributed by atoms with E-state index in [0.717, 1.165) is 17.0 Å². The number of nitrogens with one attached hydrogen (secondary N) is 3. The first kappa shape index (κ1) is 26.1. The lowest BCUT2D eigenvalue weighted by atomic mass is 10.2. The Hall–Kier alpha value is -3.52. The van der Waals surface area contributed by atoms with Crippen molar-refractivity contribution in [1.82, 2.24) is 4.98 Å². The second-order valence-corrected chi connectivity index (χ2v) is 10.2. The molecule has 0 spiro atoms. The highest BCUT2D eigenvalue weighted by molar-refractivity contribution is 7.85. The van der Waals surface area contributed by atoms with Crippen molar-refractivity contribution >= 4 is 68.1 Å². The molecule has 2 aromatic heterocycles. The molecule has 35 heavy (non-hydrogen) atoms. The molecule has 0 unspecified atom stereocenters. The summed E-state index contributed by atoms with van der Waals surface area (Å²) in [5, 5.41) is 13.2. The SMILES string of the molecule is CS(=O)(=O)O.N=C1OCCN1c1ccc(NC(=O)c2cccnc2NC(=O)c2ccc(Cl)s2)cc1. The number of thiophene rings is 1. The van der Waals surface area contributed by atoms with Crippen LogP contribution in [0.3, 0.4) is 0 Å². The van der Waals surface area contributed by atoms with Gasteiger partial charge in [0.15, 0.2) is 0 Å². The van der Waals surface area contributed by atoms with E-state index in [1.54, 1.807) is 53.4 Å². The summed E-state index contributed by atoms with van der Waals surface area (Å²) in [6.07, 6.45) is 2.21. The van der Waals surface area contributed by atoms with Crippen molar-refractivity contribution in [3.63, 3.8) is 0 Å². The van der Waals surface area contributed by atoms with Crippen LogP contribution in [-0.2, 0) is 14.9 Å². The Morgan fingerprint density at radius 1 is 1.14 bits per heavy atom. The standard InChI is InChI=1S/C20H16ClN5O3S.CH4O3S/c21-16-8-7-15(30-16)19(28)25-17-14(2-1-9-23-17)18(27)24-12-3-5-13(6-4-12)26-10-11-29-20(26)22;1-5(2,3)4/h1-9,22H,10-11H2,(H,24,27)(H,23,25,28);1H3,(H,2,3,4). The predicted molar refractivity (Wildman–Crippen MR) is 134 cm³/mol. The fourth-order valence-corrected chi connectivity index (χ4v) is 3.81. The first-order chi connectivity index (χ1) is 16.5. The predicted octanol–water partition coefficient (Wildman–Crippen LogP) is 3.58. The number of halogens is 1. The van der Waals surface area contributed by atoms with Gasteiger partial charge in [0, 0.05) is 17.6 Å². The van der Waals surface area contributed by atoms with E-state index in [1.165, 1.54) is 6.20 Å². The molecule has 1 saturated heterocycles. The van der Waals surface area contributed by atoms with Gasteiger partial charge < -0.3 is 15.4 Å². The summed E-state index contributed by atoms with van der Waals surface area (Å²) in [6.45, 7) is 1.09. The molecule has 0 saturated carbocycles. The van der Waals surface area contributed by atoms with E-state index in [-0.39, 0.29) is 23.3 Å². The second-order valence-electron chi connectivity index (χ2n) is 7.00. The maximum Gasteiger partial charge on any atom is 0.289 e. The average molecular weight is 538 g/mol. The van der Waals surface area contributed by atoms with Gasteiger partial charge in [-0.1, -0.05) is 11.6 Å². The summed E-state index contributed by atoms with van der Waals surface area (Å²) < 4.78 is 31.5. The number of ether oxygens (including phenoxy) is 1. The number of hydrogen-bond donors (Lipinski definition) is 4. The van der Waals surface area contributed by atoms with Crippen molar-refractivity contribution in [1.29, 1.82) is 5.41 Å². The lowest BCUT2D eigenvalue weighted by Crippen LogP contribution is -2.23. The number of hydrogen-bond acceptors (Lipinski definition) is 8. The van der Waals surface area contributed by atoms with E-state index < -0.39 is 16.0 Å². The van der Waals surface area contributed by atoms with Crippen LogP contribution in [0.15, 0.2) is 54.7 Å². The Balaban J connectivity index is 0.000000623. The van der Waals surface area contributed by atoms with E-state index in [1.807, 2.05) is 0 Å². The molecule has 11 nitrogen and oxygen atoms in total. The Labute approximate surface area is 210 Å². The maximum atomic E-state index is 12.8. The molecule has 1 fully saturated rings. The number of rotatable bonds is 5. The Morgan fingerprint density at radius 2 is 1.83 bits per heavy atom. The van der Waals surface area contributed by atoms with Gasteiger partial charge >= 0.3 is 0 Å². The quantitative estimate of drug-likeness (QED) is 0.359. The molecule has 2 amide bonds. The number of anilines is 3. The van der Waals surface area contributed by atoms with E-state index in [9.17, 15) is 18.0 Å². The van der Waals surface area contributed by atoms with Gasteiger partial charge in [0.25, 0.3) is 28.0 Å². The maximum absolute atomic E-state index is 12.8. The van der Waals surface area contributed by atoms with E-state index in [0.29, 0.717) is 34.3 Å². The van der Waals surface area contributed by atoms with Crippen LogP contribution in [0.25, 0.3) is 0 Å². The van der Waals surface area contributed by atoms with Crippen LogP contribution in [0.1, 0.15) is 20.0 Å². The van der Waals surface area contributed by atoms with Gasteiger partial charge in [-0.25, -0.2) is 4.98 Å². The smallest absolute Gasteiger partial charge is 0.289 e. The van der Waals surface area contributed by atoms with Gasteiger partial charge in [-0.3, -0.25) is 24.5 Å². The van der Waals surface area contributed by atoms with Crippen molar-refractivity contribution in [3.8, 4) is 0 Å². The molecule has 0 atom stereocenters. The normalized spacial score (nSPS) is 12.9. The molecular formula is C21H20ClN5O6S2. The third kappa shape index (κ3) is 7.75. The molecule has 4 N–H and O–H groups in total. The van der Waals surface area contributed by atoms with Gasteiger partial charge in [-0.05, 0) is 48.5 Å². The lowest BCUT2D eigenvalue weighted by Gasteiger charge is -2.15. The number of carbonyl (C=O) groups is 2. The first-order valence-corrected chi connectivity index (χ1v) is 12.9. The minimum atomic E-state index is -3.67. The molecule has 4 rings (SSSR count). The first-order valence-electron chi connectivity index (χ1n) is 9.86. The summed E-state index contributed by atoms with van der Waals surface area (Å²) in [5.74, 6) is -0.643. The molecule has 1 aromatic carbocycles. The van der Waals surface area contributed by atoms with Gasteiger partial charge in [0.05, 0.1) is 27.6 Å². The van der Waals surface area contributed by atoms with Crippen LogP contribution >= 0.6 is 22.9 Å². The van der Waals surface area contributed by atoms with Crippen LogP contribution < -0.4 is 15.5 Å². The summed E-state index contributed by atoms with van der Waals surface area (Å²) in [7, 11) is -3.67. The number of nitrogens with zero attached hydrogens (tertiary/aromatic N) is 2. The van der Waals surface area contributed by atoms with Crippen LogP contribution in [0.2, 0.25) is 4.34 Å². The second kappa shape index (κ2) is 11.3. The molecule has 0 bridgehead atoms. The highest BCUT2D eigenvalue weighted by Crippen LogP contribution is 2.24. The lowest BCUT2D eigenvalue weighted by molar-refractivity contribution is 0.102. The van der Waals surface area contributed by atoms with Crippen molar-refractivity contribution in [2.75, 3.05) is 34.9 Å². The van der Waals surface area contributed by atoms with Crippen molar-refractivity contribution in [2.45, 2.75) is 0 Å². The summed E-state index contributed by atoms with van der Waals surface area (Å²) >= 11 is 7.02. The number of pyridine rings is 1. The Bertz CT molecular complexity index is 1340. The third-order valence-corrected chi connectivity index (χ3v) is 5.55. The zero-order valence-electron chi connectivity index (χ0n) is 18.2. The van der Waals surface area contributed by atoms with E-state index in [4.69, 9.17) is 26.3 Å². The zero-order chi connectivity index (χ0) is 25.6. The number of amidine groups is 1. The summed E-state index contributed by atoms with van der Waals surface area (Å²) in [4.78, 5) is 31.4. The molecule has 0 aliphatic carbocycles.